The van der Waals surface area contributed by atoms with Gasteiger partial charge in [-0.05, 0) is 25.0 Å². The highest BCUT2D eigenvalue weighted by atomic mass is 79.9. The maximum absolute atomic E-state index is 13.9. The number of hydrogen-bond donors (Lipinski definition) is 2. The molecule has 0 radical (unpaired) electrons. The highest BCUT2D eigenvalue weighted by Crippen LogP contribution is 2.42. The molecule has 1 aromatic carbocycles. The van der Waals surface area contributed by atoms with Gasteiger partial charge in [-0.1, -0.05) is 22.0 Å². The van der Waals surface area contributed by atoms with E-state index in [1.807, 2.05) is 0 Å². The lowest BCUT2D eigenvalue weighted by molar-refractivity contribution is -0.0593. The van der Waals surface area contributed by atoms with Crippen molar-refractivity contribution in [1.82, 2.24) is 0 Å². The van der Waals surface area contributed by atoms with Crippen molar-refractivity contribution >= 4 is 15.9 Å². The zero-order valence-corrected chi connectivity index (χ0v) is 11.6. The molecule has 5 heteroatoms. The zero-order valence-electron chi connectivity index (χ0n) is 10.0. The Bertz CT molecular complexity index is 421. The van der Waals surface area contributed by atoms with Crippen LogP contribution in [0.25, 0.3) is 0 Å². The van der Waals surface area contributed by atoms with E-state index in [0.29, 0.717) is 42.6 Å². The van der Waals surface area contributed by atoms with Crippen LogP contribution >= 0.6 is 15.9 Å². The van der Waals surface area contributed by atoms with Crippen LogP contribution < -0.4 is 5.73 Å². The van der Waals surface area contributed by atoms with Crippen LogP contribution in [0.15, 0.2) is 22.7 Å². The van der Waals surface area contributed by atoms with Crippen LogP contribution in [-0.2, 0) is 4.74 Å². The average molecular weight is 318 g/mol. The van der Waals surface area contributed by atoms with Crippen molar-refractivity contribution in [2.24, 2.45) is 11.1 Å². The number of aliphatic hydroxyl groups is 1. The normalized spacial score (nSPS) is 20.7. The topological polar surface area (TPSA) is 55.5 Å². The lowest BCUT2D eigenvalue weighted by atomic mass is 9.73. The third-order valence-electron chi connectivity index (χ3n) is 3.73. The first-order valence-electron chi connectivity index (χ1n) is 6.00. The van der Waals surface area contributed by atoms with Crippen LogP contribution in [0.5, 0.6) is 0 Å². The molecular weight excluding hydrogens is 301 g/mol. The molecule has 1 aliphatic rings. The predicted octanol–water partition coefficient (Wildman–Crippen LogP) is 2.38. The predicted molar refractivity (Wildman–Crippen MR) is 70.6 cm³/mol. The third kappa shape index (κ3) is 2.59. The van der Waals surface area contributed by atoms with Gasteiger partial charge < -0.3 is 15.6 Å². The molecule has 18 heavy (non-hydrogen) atoms. The Morgan fingerprint density at radius 1 is 1.44 bits per heavy atom. The first-order chi connectivity index (χ1) is 8.59. The summed E-state index contributed by atoms with van der Waals surface area (Å²) in [4.78, 5) is 0. The van der Waals surface area contributed by atoms with Crippen LogP contribution in [0, 0.1) is 11.2 Å². The monoisotopic (exact) mass is 317 g/mol. The maximum atomic E-state index is 13.9. The fourth-order valence-electron chi connectivity index (χ4n) is 2.42. The quantitative estimate of drug-likeness (QED) is 0.900. The van der Waals surface area contributed by atoms with Crippen LogP contribution in [-0.4, -0.2) is 24.9 Å². The van der Waals surface area contributed by atoms with Crippen molar-refractivity contribution in [3.8, 4) is 0 Å². The second-order valence-electron chi connectivity index (χ2n) is 4.75. The summed E-state index contributed by atoms with van der Waals surface area (Å²) in [6, 6.07) is 4.70. The van der Waals surface area contributed by atoms with Crippen molar-refractivity contribution in [2.75, 3.05) is 19.8 Å². The van der Waals surface area contributed by atoms with E-state index in [1.54, 1.807) is 12.1 Å². The maximum Gasteiger partial charge on any atom is 0.130 e. The first-order valence-corrected chi connectivity index (χ1v) is 6.79. The van der Waals surface area contributed by atoms with Crippen molar-refractivity contribution in [1.29, 1.82) is 0 Å². The molecular formula is C13H17BrFNO2. The number of halogens is 2. The average Bonchev–Trinajstić information content (AvgIpc) is 2.39. The molecule has 0 aromatic heterocycles. The van der Waals surface area contributed by atoms with Gasteiger partial charge in [0.25, 0.3) is 0 Å². The van der Waals surface area contributed by atoms with E-state index in [-0.39, 0.29) is 0 Å². The number of rotatable bonds is 3. The number of nitrogens with two attached hydrogens (primary N) is 1. The van der Waals surface area contributed by atoms with Gasteiger partial charge >= 0.3 is 0 Å². The van der Waals surface area contributed by atoms with E-state index in [4.69, 9.17) is 10.5 Å². The van der Waals surface area contributed by atoms with Crippen molar-refractivity contribution in [3.05, 3.63) is 34.1 Å². The molecule has 2 rings (SSSR count). The Balaban J connectivity index is 2.30. The SMILES string of the molecule is NCC1(C(O)c2ccc(Br)cc2F)CCOCC1. The molecule has 1 saturated heterocycles. The molecule has 1 atom stereocenters. The molecule has 0 bridgehead atoms. The molecule has 3 nitrogen and oxygen atoms in total. The van der Waals surface area contributed by atoms with Crippen molar-refractivity contribution in [3.63, 3.8) is 0 Å². The molecule has 0 aliphatic carbocycles. The molecule has 1 fully saturated rings. The molecule has 1 aliphatic heterocycles. The Morgan fingerprint density at radius 2 is 2.11 bits per heavy atom. The Labute approximate surface area is 114 Å². The summed E-state index contributed by atoms with van der Waals surface area (Å²) in [5.41, 5.74) is 5.64. The third-order valence-corrected chi connectivity index (χ3v) is 4.23. The minimum Gasteiger partial charge on any atom is -0.388 e. The number of ether oxygens (including phenoxy) is 1. The van der Waals surface area contributed by atoms with Gasteiger partial charge in [0.1, 0.15) is 5.82 Å². The van der Waals surface area contributed by atoms with E-state index >= 15 is 0 Å². The smallest absolute Gasteiger partial charge is 0.130 e. The molecule has 1 heterocycles. The first kappa shape index (κ1) is 13.9. The van der Waals surface area contributed by atoms with Gasteiger partial charge in [0.15, 0.2) is 0 Å². The minimum atomic E-state index is -0.889. The lowest BCUT2D eigenvalue weighted by Gasteiger charge is -2.40. The van der Waals surface area contributed by atoms with E-state index in [9.17, 15) is 9.50 Å². The van der Waals surface area contributed by atoms with Gasteiger partial charge in [-0.25, -0.2) is 4.39 Å². The van der Waals surface area contributed by atoms with Crippen LogP contribution in [0.2, 0.25) is 0 Å². The van der Waals surface area contributed by atoms with Gasteiger partial charge in [0, 0.05) is 35.2 Å². The standard InChI is InChI=1S/C13H17BrFNO2/c14-9-1-2-10(11(15)7-9)12(17)13(8-16)3-5-18-6-4-13/h1-2,7,12,17H,3-6,8,16H2. The second-order valence-corrected chi connectivity index (χ2v) is 5.66. The summed E-state index contributed by atoms with van der Waals surface area (Å²) in [7, 11) is 0. The largest absolute Gasteiger partial charge is 0.388 e. The minimum absolute atomic E-state index is 0.311. The van der Waals surface area contributed by atoms with Crippen molar-refractivity contribution in [2.45, 2.75) is 18.9 Å². The zero-order chi connectivity index (χ0) is 13.2. The summed E-state index contributed by atoms with van der Waals surface area (Å²) in [6.07, 6.45) is 0.417. The molecule has 0 amide bonds. The van der Waals surface area contributed by atoms with Crippen LogP contribution in [0.3, 0.4) is 0 Å². The fourth-order valence-corrected chi connectivity index (χ4v) is 2.75. The van der Waals surface area contributed by atoms with E-state index < -0.39 is 17.3 Å². The second kappa shape index (κ2) is 5.65. The van der Waals surface area contributed by atoms with Gasteiger partial charge in [0.2, 0.25) is 0 Å². The fraction of sp³-hybridized carbons (Fsp3) is 0.538. The van der Waals surface area contributed by atoms with Gasteiger partial charge in [-0.3, -0.25) is 0 Å². The molecule has 100 valence electrons. The van der Waals surface area contributed by atoms with Crippen LogP contribution in [0.4, 0.5) is 4.39 Å². The molecule has 1 unspecified atom stereocenters. The van der Waals surface area contributed by atoms with Gasteiger partial charge in [-0.15, -0.1) is 0 Å². The Hall–Kier alpha value is -0.490. The van der Waals surface area contributed by atoms with E-state index in [0.717, 1.165) is 0 Å². The number of aliphatic hydroxyl groups excluding tert-OH is 1. The Morgan fingerprint density at radius 3 is 2.67 bits per heavy atom. The van der Waals surface area contributed by atoms with Crippen molar-refractivity contribution < 1.29 is 14.2 Å². The molecule has 0 saturated carbocycles. The summed E-state index contributed by atoms with van der Waals surface area (Å²) in [5.74, 6) is -0.406. The highest BCUT2D eigenvalue weighted by Gasteiger charge is 2.40. The van der Waals surface area contributed by atoms with Gasteiger partial charge in [-0.2, -0.15) is 0 Å². The summed E-state index contributed by atoms with van der Waals surface area (Å²) >= 11 is 3.21. The molecule has 3 N–H and O–H groups in total. The summed E-state index contributed by atoms with van der Waals surface area (Å²) in [5, 5.41) is 10.5. The summed E-state index contributed by atoms with van der Waals surface area (Å²) in [6.45, 7) is 1.45. The number of hydrogen-bond acceptors (Lipinski definition) is 3. The number of benzene rings is 1. The van der Waals surface area contributed by atoms with E-state index in [1.165, 1.54) is 6.07 Å². The highest BCUT2D eigenvalue weighted by molar-refractivity contribution is 9.10. The van der Waals surface area contributed by atoms with Gasteiger partial charge in [0.05, 0.1) is 6.10 Å². The van der Waals surface area contributed by atoms with E-state index in [2.05, 4.69) is 15.9 Å². The lowest BCUT2D eigenvalue weighted by Crippen LogP contribution is -2.42. The Kier molecular flexibility index (Phi) is 4.37. The van der Waals surface area contributed by atoms with Crippen LogP contribution in [0.1, 0.15) is 24.5 Å². The molecule has 0 spiro atoms. The molecule has 1 aromatic rings. The summed E-state index contributed by atoms with van der Waals surface area (Å²) < 4.78 is 19.9.